The third-order valence-corrected chi connectivity index (χ3v) is 15.6. The number of hydrogen-bond acceptors (Lipinski definition) is 9. The van der Waals surface area contributed by atoms with E-state index in [0.29, 0.717) is 22.7 Å². The average molecular weight is 781 g/mol. The zero-order valence-electron chi connectivity index (χ0n) is 32.2. The van der Waals surface area contributed by atoms with Crippen LogP contribution in [0.1, 0.15) is 37.0 Å². The predicted octanol–water partition coefficient (Wildman–Crippen LogP) is 5.10. The molecule has 13 nitrogen and oxygen atoms in total. The largest absolute Gasteiger partial charge is 0.497 e. The number of fused-ring (bicyclic) bond motifs is 2. The molecule has 4 aromatic rings. The van der Waals surface area contributed by atoms with Crippen LogP contribution >= 0.6 is 0 Å². The number of aliphatic hydroxyl groups excluding tert-OH is 2. The summed E-state index contributed by atoms with van der Waals surface area (Å²) in [6.45, 7) is 7.94. The molecule has 0 aromatic heterocycles. The molecule has 1 saturated heterocycles. The second-order valence-corrected chi connectivity index (χ2v) is 19.8. The van der Waals surface area contributed by atoms with E-state index in [-0.39, 0.29) is 55.7 Å². The van der Waals surface area contributed by atoms with Crippen LogP contribution in [0.15, 0.2) is 97.1 Å². The Hall–Kier alpha value is -5.41. The number of nitrogens with zero attached hydrogens (tertiary/aromatic N) is 3. The lowest BCUT2D eigenvalue weighted by molar-refractivity contribution is -0.385. The van der Waals surface area contributed by atoms with E-state index in [2.05, 4.69) is 18.4 Å². The van der Waals surface area contributed by atoms with Gasteiger partial charge in [-0.15, -0.1) is 0 Å². The summed E-state index contributed by atoms with van der Waals surface area (Å²) in [5.74, 6) is -1.02. The topological polar surface area (TPSA) is 172 Å². The molecule has 0 radical (unpaired) electrons. The summed E-state index contributed by atoms with van der Waals surface area (Å²) in [5, 5.41) is 35.5. The number of aliphatic hydroxyl groups is 2. The molecule has 2 heterocycles. The van der Waals surface area contributed by atoms with E-state index in [9.17, 15) is 29.9 Å². The maximum Gasteiger partial charge on any atom is 0.269 e. The lowest BCUT2D eigenvalue weighted by Crippen LogP contribution is -2.52. The van der Waals surface area contributed by atoms with Crippen LogP contribution in [0.25, 0.3) is 0 Å². The molecule has 6 rings (SSSR count). The second-order valence-electron chi connectivity index (χ2n) is 15.1. The Morgan fingerprint density at radius 3 is 2.32 bits per heavy atom. The highest BCUT2D eigenvalue weighted by atomic mass is 28.3. The fraction of sp³-hybridized carbons (Fsp3) is 0.357. The molecule has 1 fully saturated rings. The summed E-state index contributed by atoms with van der Waals surface area (Å²) in [6, 6.07) is 28.6. The van der Waals surface area contributed by atoms with Gasteiger partial charge in [-0.2, -0.15) is 0 Å². The summed E-state index contributed by atoms with van der Waals surface area (Å²) in [7, 11) is -1.07. The van der Waals surface area contributed by atoms with Crippen LogP contribution in [-0.2, 0) is 37.8 Å². The van der Waals surface area contributed by atoms with Crippen molar-refractivity contribution in [2.24, 2.45) is 5.92 Å². The maximum atomic E-state index is 15.2. The number of rotatable bonds is 14. The molecule has 5 atom stereocenters. The highest BCUT2D eigenvalue weighted by molar-refractivity contribution is 6.91. The van der Waals surface area contributed by atoms with Gasteiger partial charge in [0.05, 0.1) is 51.5 Å². The number of carbonyl (C=O) groups is 3. The van der Waals surface area contributed by atoms with Crippen molar-refractivity contribution in [3.8, 4) is 5.75 Å². The average Bonchev–Trinajstić information content (AvgIpc) is 3.61. The lowest BCUT2D eigenvalue weighted by atomic mass is 9.82. The molecule has 56 heavy (non-hydrogen) atoms. The third-order valence-electron chi connectivity index (χ3n) is 11.3. The van der Waals surface area contributed by atoms with Gasteiger partial charge >= 0.3 is 0 Å². The van der Waals surface area contributed by atoms with Gasteiger partial charge in [0.15, 0.2) is 5.60 Å². The van der Waals surface area contributed by atoms with Crippen molar-refractivity contribution >= 4 is 48.0 Å². The van der Waals surface area contributed by atoms with Crippen LogP contribution in [0.4, 0.5) is 17.1 Å². The maximum absolute atomic E-state index is 15.2. The van der Waals surface area contributed by atoms with Gasteiger partial charge < -0.3 is 34.8 Å². The van der Waals surface area contributed by atoms with E-state index in [1.54, 1.807) is 47.2 Å². The predicted molar refractivity (Wildman–Crippen MR) is 214 cm³/mol. The Balaban J connectivity index is 1.42. The molecule has 3 N–H and O–H groups in total. The first-order chi connectivity index (χ1) is 26.7. The fourth-order valence-corrected chi connectivity index (χ4v) is 12.4. The molecule has 2 aliphatic rings. The number of ether oxygens (including phenoxy) is 2. The fourth-order valence-electron chi connectivity index (χ4n) is 8.41. The van der Waals surface area contributed by atoms with Crippen LogP contribution in [0.2, 0.25) is 18.6 Å². The Labute approximate surface area is 327 Å². The van der Waals surface area contributed by atoms with Gasteiger partial charge in [-0.1, -0.05) is 79.8 Å². The van der Waals surface area contributed by atoms with Gasteiger partial charge in [0.1, 0.15) is 11.9 Å². The van der Waals surface area contributed by atoms with Gasteiger partial charge in [-0.25, -0.2) is 0 Å². The molecular formula is C42H48N4O9Si. The molecule has 0 aliphatic carbocycles. The zero-order valence-corrected chi connectivity index (χ0v) is 33.2. The number of nitro groups is 1. The number of non-ortho nitro benzene ring substituents is 1. The van der Waals surface area contributed by atoms with Gasteiger partial charge in [0.25, 0.3) is 17.5 Å². The second kappa shape index (κ2) is 16.4. The molecule has 14 heteroatoms. The number of anilines is 2. The number of nitro benzene ring substituents is 1. The van der Waals surface area contributed by atoms with Crippen LogP contribution in [0.3, 0.4) is 0 Å². The minimum atomic E-state index is -2.66. The SMILES string of the molecule is COc1ccc([Si](C)(C)[C@@H]2[C@@H](CC(=O)N(CCO)Cc3ccccc3)O[C@]3(C(=O)N(Cc4ccc(NC(=O)[C@H](C)O)cc4)c4ccc([N+](=O)[O-])cc43)[C@H]2C)cc1. The van der Waals surface area contributed by atoms with E-state index in [0.717, 1.165) is 16.3 Å². The van der Waals surface area contributed by atoms with Gasteiger partial charge in [0, 0.05) is 42.4 Å². The number of benzene rings is 4. The smallest absolute Gasteiger partial charge is 0.269 e. The zero-order chi connectivity index (χ0) is 40.4. The van der Waals surface area contributed by atoms with Crippen molar-refractivity contribution in [1.29, 1.82) is 0 Å². The standard InChI is InChI=1S/C42H48N4O9Si/c1-27-39(56(4,5)34-18-16-33(54-3)17-19-34)37(24-38(49)44(21-22-47)25-29-9-7-6-8-10-29)55-42(27)35-23-32(46(52)53)15-20-36(35)45(41(42)51)26-30-11-13-31(14-12-30)43-40(50)28(2)48/h6-20,23,27-28,37,39,47-48H,21-22,24-26H2,1-5H3,(H,43,50)/t27-,28-,37+,39-,42+/m0/s1. The normalized spacial score (nSPS) is 20.8. The van der Waals surface area contributed by atoms with Crippen molar-refractivity contribution in [1.82, 2.24) is 4.90 Å². The quantitative estimate of drug-likeness (QED) is 0.0895. The molecule has 294 valence electrons. The molecule has 0 bridgehead atoms. The Morgan fingerprint density at radius 2 is 1.71 bits per heavy atom. The summed E-state index contributed by atoms with van der Waals surface area (Å²) in [4.78, 5) is 56.4. The molecule has 1 spiro atoms. The van der Waals surface area contributed by atoms with Crippen LogP contribution in [0.5, 0.6) is 5.75 Å². The van der Waals surface area contributed by atoms with Crippen molar-refractivity contribution in [2.75, 3.05) is 30.5 Å². The van der Waals surface area contributed by atoms with Crippen LogP contribution < -0.4 is 20.1 Å². The number of carbonyl (C=O) groups excluding carboxylic acids is 3. The van der Waals surface area contributed by atoms with Crippen LogP contribution in [0, 0.1) is 16.0 Å². The molecule has 0 unspecified atom stereocenters. The highest BCUT2D eigenvalue weighted by Gasteiger charge is 2.66. The first-order valence-electron chi connectivity index (χ1n) is 18.6. The summed E-state index contributed by atoms with van der Waals surface area (Å²) in [5.41, 5.74) is 0.776. The van der Waals surface area contributed by atoms with Crippen molar-refractivity contribution in [3.63, 3.8) is 0 Å². The Morgan fingerprint density at radius 1 is 1.04 bits per heavy atom. The first kappa shape index (κ1) is 40.3. The number of hydrogen-bond donors (Lipinski definition) is 3. The third kappa shape index (κ3) is 7.69. The van der Waals surface area contributed by atoms with E-state index in [4.69, 9.17) is 9.47 Å². The highest BCUT2D eigenvalue weighted by Crippen LogP contribution is 2.60. The van der Waals surface area contributed by atoms with Crippen LogP contribution in [-0.4, -0.2) is 78.3 Å². The minimum absolute atomic E-state index is 0.0760. The Bertz CT molecular complexity index is 2080. The monoisotopic (exact) mass is 780 g/mol. The molecule has 3 amide bonds. The van der Waals surface area contributed by atoms with Gasteiger partial charge in [0.2, 0.25) is 5.91 Å². The number of methoxy groups -OCH3 is 1. The van der Waals surface area contributed by atoms with E-state index in [1.165, 1.54) is 19.1 Å². The molecular weight excluding hydrogens is 733 g/mol. The molecule has 0 saturated carbocycles. The molecule has 4 aromatic carbocycles. The van der Waals surface area contributed by atoms with Crippen molar-refractivity contribution in [2.45, 2.75) is 69.8 Å². The summed E-state index contributed by atoms with van der Waals surface area (Å²) >= 11 is 0. The Kier molecular flexibility index (Phi) is 11.8. The van der Waals surface area contributed by atoms with E-state index in [1.807, 2.05) is 61.5 Å². The number of amides is 3. The lowest BCUT2D eigenvalue weighted by Gasteiger charge is -2.37. The number of nitrogens with one attached hydrogen (secondary N) is 1. The van der Waals surface area contributed by atoms with Crippen molar-refractivity contribution in [3.05, 3.63) is 124 Å². The summed E-state index contributed by atoms with van der Waals surface area (Å²) in [6.07, 6.45) is -2.02. The van der Waals surface area contributed by atoms with E-state index < -0.39 is 42.6 Å². The first-order valence-corrected chi connectivity index (χ1v) is 21.7. The minimum Gasteiger partial charge on any atom is -0.497 e. The molecule has 2 aliphatic heterocycles. The van der Waals surface area contributed by atoms with E-state index >= 15 is 4.79 Å². The van der Waals surface area contributed by atoms with Gasteiger partial charge in [-0.3, -0.25) is 24.5 Å². The van der Waals surface area contributed by atoms with Crippen molar-refractivity contribution < 1.29 is 39.0 Å². The van der Waals surface area contributed by atoms with Gasteiger partial charge in [-0.05, 0) is 53.9 Å². The summed E-state index contributed by atoms with van der Waals surface area (Å²) < 4.78 is 12.5.